The fourth-order valence-corrected chi connectivity index (χ4v) is 4.45. The Kier molecular flexibility index (Phi) is 4.23. The molecule has 3 rings (SSSR count). The number of carbonyl (C=O) groups excluding carboxylic acids is 1. The zero-order valence-corrected chi connectivity index (χ0v) is 13.6. The predicted molar refractivity (Wildman–Crippen MR) is 84.1 cm³/mol. The summed E-state index contributed by atoms with van der Waals surface area (Å²) in [7, 11) is -3.51. The summed E-state index contributed by atoms with van der Waals surface area (Å²) in [5.74, 6) is 0.191. The number of rotatable bonds is 4. The molecule has 2 fully saturated rings. The highest BCUT2D eigenvalue weighted by atomic mass is 32.2. The average Bonchev–Trinajstić information content (AvgIpc) is 3.31. The Labute approximate surface area is 131 Å². The van der Waals surface area contributed by atoms with Gasteiger partial charge in [0.2, 0.25) is 10.0 Å². The normalized spacial score (nSPS) is 23.2. The number of benzene rings is 1. The smallest absolute Gasteiger partial charge is 0.251 e. The predicted octanol–water partition coefficient (Wildman–Crippen LogP) is 2.00. The summed E-state index contributed by atoms with van der Waals surface area (Å²) < 4.78 is 27.0. The molecule has 1 saturated heterocycles. The Morgan fingerprint density at radius 3 is 2.73 bits per heavy atom. The summed E-state index contributed by atoms with van der Waals surface area (Å²) in [5.41, 5.74) is 0.415. The third-order valence-electron chi connectivity index (χ3n) is 4.27. The van der Waals surface area contributed by atoms with Gasteiger partial charge in [-0.25, -0.2) is 8.42 Å². The molecule has 5 nitrogen and oxygen atoms in total. The molecule has 2 aliphatic rings. The van der Waals surface area contributed by atoms with Crippen LogP contribution < -0.4 is 5.32 Å². The quantitative estimate of drug-likeness (QED) is 0.922. The molecule has 1 aliphatic carbocycles. The summed E-state index contributed by atoms with van der Waals surface area (Å²) in [6.07, 6.45) is 3.98. The molecule has 1 saturated carbocycles. The van der Waals surface area contributed by atoms with Crippen LogP contribution in [0.25, 0.3) is 0 Å². The molecule has 22 heavy (non-hydrogen) atoms. The van der Waals surface area contributed by atoms with E-state index in [1.54, 1.807) is 22.5 Å². The largest absolute Gasteiger partial charge is 0.349 e. The Morgan fingerprint density at radius 1 is 1.27 bits per heavy atom. The molecule has 1 aliphatic heterocycles. The van der Waals surface area contributed by atoms with Gasteiger partial charge >= 0.3 is 0 Å². The molecule has 1 aromatic carbocycles. The van der Waals surface area contributed by atoms with Crippen LogP contribution in [0.4, 0.5) is 0 Å². The van der Waals surface area contributed by atoms with Crippen LogP contribution >= 0.6 is 0 Å². The number of hydrogen-bond acceptors (Lipinski definition) is 3. The van der Waals surface area contributed by atoms with Crippen LogP contribution in [0, 0.1) is 5.92 Å². The van der Waals surface area contributed by atoms with E-state index in [1.807, 2.05) is 0 Å². The average molecular weight is 322 g/mol. The van der Waals surface area contributed by atoms with Crippen LogP contribution in [0.3, 0.4) is 0 Å². The molecule has 6 heteroatoms. The first-order valence-electron chi connectivity index (χ1n) is 7.88. The van der Waals surface area contributed by atoms with Crippen LogP contribution in [0.5, 0.6) is 0 Å². The van der Waals surface area contributed by atoms with Gasteiger partial charge in [0.25, 0.3) is 5.91 Å². The first-order valence-corrected chi connectivity index (χ1v) is 9.32. The van der Waals surface area contributed by atoms with Gasteiger partial charge in [-0.3, -0.25) is 4.79 Å². The van der Waals surface area contributed by atoms with Gasteiger partial charge in [-0.2, -0.15) is 4.31 Å². The van der Waals surface area contributed by atoms with Crippen LogP contribution in [0.15, 0.2) is 29.2 Å². The second-order valence-corrected chi connectivity index (χ2v) is 8.32. The fourth-order valence-electron chi connectivity index (χ4n) is 2.81. The maximum atomic E-state index is 12.7. The minimum absolute atomic E-state index is 0.188. The number of nitrogens with zero attached hydrogens (tertiary/aromatic N) is 1. The zero-order chi connectivity index (χ0) is 15.7. The van der Waals surface area contributed by atoms with Gasteiger partial charge in [-0.1, -0.05) is 13.0 Å². The van der Waals surface area contributed by atoms with Gasteiger partial charge in [-0.05, 0) is 49.8 Å². The summed E-state index contributed by atoms with van der Waals surface area (Å²) >= 11 is 0. The van der Waals surface area contributed by atoms with Crippen molar-refractivity contribution in [3.8, 4) is 0 Å². The van der Waals surface area contributed by atoms with Crippen molar-refractivity contribution in [1.29, 1.82) is 0 Å². The first-order chi connectivity index (χ1) is 10.5. The molecule has 1 N–H and O–H groups in total. The number of hydrogen-bond donors (Lipinski definition) is 1. The van der Waals surface area contributed by atoms with Gasteiger partial charge in [0.15, 0.2) is 0 Å². The molecular formula is C16H22N2O3S. The number of amides is 1. The highest BCUT2D eigenvalue weighted by Crippen LogP contribution is 2.24. The van der Waals surface area contributed by atoms with Crippen LogP contribution in [0.1, 0.15) is 43.0 Å². The highest BCUT2D eigenvalue weighted by Gasteiger charge is 2.29. The second kappa shape index (κ2) is 6.01. The highest BCUT2D eigenvalue weighted by molar-refractivity contribution is 7.89. The Morgan fingerprint density at radius 2 is 2.05 bits per heavy atom. The monoisotopic (exact) mass is 322 g/mol. The van der Waals surface area contributed by atoms with Crippen molar-refractivity contribution >= 4 is 15.9 Å². The zero-order valence-electron chi connectivity index (χ0n) is 12.8. The lowest BCUT2D eigenvalue weighted by atomic mass is 10.0. The summed E-state index contributed by atoms with van der Waals surface area (Å²) in [4.78, 5) is 12.3. The molecule has 0 spiro atoms. The van der Waals surface area contributed by atoms with Crippen molar-refractivity contribution in [2.45, 2.75) is 43.5 Å². The third kappa shape index (κ3) is 3.33. The molecule has 1 amide bonds. The van der Waals surface area contributed by atoms with E-state index < -0.39 is 10.0 Å². The Balaban J connectivity index is 1.82. The molecule has 0 bridgehead atoms. The molecule has 120 valence electrons. The summed E-state index contributed by atoms with van der Waals surface area (Å²) in [6.45, 7) is 3.19. The number of piperidine rings is 1. The van der Waals surface area contributed by atoms with E-state index in [-0.39, 0.29) is 16.8 Å². The van der Waals surface area contributed by atoms with Gasteiger partial charge in [0.1, 0.15) is 0 Å². The number of sulfonamides is 1. The van der Waals surface area contributed by atoms with Crippen molar-refractivity contribution in [1.82, 2.24) is 9.62 Å². The van der Waals surface area contributed by atoms with Crippen molar-refractivity contribution in [2.75, 3.05) is 13.1 Å². The molecular weight excluding hydrogens is 300 g/mol. The van der Waals surface area contributed by atoms with E-state index in [4.69, 9.17) is 0 Å². The van der Waals surface area contributed by atoms with Crippen molar-refractivity contribution in [3.05, 3.63) is 29.8 Å². The van der Waals surface area contributed by atoms with Crippen LogP contribution in [-0.4, -0.2) is 37.8 Å². The maximum absolute atomic E-state index is 12.7. The van der Waals surface area contributed by atoms with E-state index in [0.717, 1.165) is 25.7 Å². The first kappa shape index (κ1) is 15.5. The van der Waals surface area contributed by atoms with Gasteiger partial charge in [-0.15, -0.1) is 0 Å². The number of nitrogens with one attached hydrogen (secondary N) is 1. The molecule has 0 aromatic heterocycles. The van der Waals surface area contributed by atoms with Crippen molar-refractivity contribution < 1.29 is 13.2 Å². The summed E-state index contributed by atoms with van der Waals surface area (Å²) in [5, 5.41) is 2.89. The minimum Gasteiger partial charge on any atom is -0.349 e. The Hall–Kier alpha value is -1.40. The third-order valence-corrected chi connectivity index (χ3v) is 6.13. The molecule has 1 aromatic rings. The minimum atomic E-state index is -3.51. The lowest BCUT2D eigenvalue weighted by Gasteiger charge is -2.30. The van der Waals surface area contributed by atoms with E-state index >= 15 is 0 Å². The van der Waals surface area contributed by atoms with Crippen LogP contribution in [-0.2, 0) is 10.0 Å². The lowest BCUT2D eigenvalue weighted by Crippen LogP contribution is -2.39. The van der Waals surface area contributed by atoms with E-state index in [1.165, 1.54) is 6.07 Å². The Bertz CT molecular complexity index is 668. The molecule has 1 heterocycles. The van der Waals surface area contributed by atoms with Gasteiger partial charge < -0.3 is 5.32 Å². The van der Waals surface area contributed by atoms with Crippen LogP contribution in [0.2, 0.25) is 0 Å². The number of carbonyl (C=O) groups is 1. The molecule has 1 atom stereocenters. The summed E-state index contributed by atoms with van der Waals surface area (Å²) in [6, 6.07) is 6.63. The molecule has 1 unspecified atom stereocenters. The van der Waals surface area contributed by atoms with Crippen molar-refractivity contribution in [2.24, 2.45) is 5.92 Å². The van der Waals surface area contributed by atoms with E-state index in [2.05, 4.69) is 12.2 Å². The van der Waals surface area contributed by atoms with E-state index in [9.17, 15) is 13.2 Å². The maximum Gasteiger partial charge on any atom is 0.251 e. The molecule has 0 radical (unpaired) electrons. The standard InChI is InChI=1S/C16H22N2O3S/c1-12-4-3-9-18(11-12)22(20,21)15-6-2-5-13(10-15)16(19)17-14-7-8-14/h2,5-6,10,12,14H,3-4,7-9,11H2,1H3,(H,17,19). The van der Waals surface area contributed by atoms with Gasteiger partial charge in [0.05, 0.1) is 4.90 Å². The fraction of sp³-hybridized carbons (Fsp3) is 0.562. The lowest BCUT2D eigenvalue weighted by molar-refractivity contribution is 0.0951. The topological polar surface area (TPSA) is 66.5 Å². The second-order valence-electron chi connectivity index (χ2n) is 6.39. The van der Waals surface area contributed by atoms with Crippen molar-refractivity contribution in [3.63, 3.8) is 0 Å². The van der Waals surface area contributed by atoms with E-state index in [0.29, 0.717) is 24.6 Å². The SMILES string of the molecule is CC1CCCN(S(=O)(=O)c2cccc(C(=O)NC3CC3)c2)C1. The van der Waals surface area contributed by atoms with Gasteiger partial charge in [0, 0.05) is 24.7 Å².